The number of fused-ring (bicyclic) bond motifs is 1. The van der Waals surface area contributed by atoms with E-state index in [1.807, 2.05) is 48.5 Å². The van der Waals surface area contributed by atoms with E-state index in [1.54, 1.807) is 41.4 Å². The van der Waals surface area contributed by atoms with E-state index in [1.165, 1.54) is 0 Å². The first kappa shape index (κ1) is 22.6. The molecule has 1 aromatic heterocycles. The van der Waals surface area contributed by atoms with Gasteiger partial charge in [0.1, 0.15) is 12.3 Å². The molecule has 0 saturated carbocycles. The minimum atomic E-state index is -0.290. The molecule has 7 nitrogen and oxygen atoms in total. The summed E-state index contributed by atoms with van der Waals surface area (Å²) in [6, 6.07) is 18.3. The lowest BCUT2D eigenvalue weighted by molar-refractivity contribution is -0.159. The summed E-state index contributed by atoms with van der Waals surface area (Å²) in [5.74, 6) is 6.72. The number of piperazine rings is 1. The zero-order chi connectivity index (χ0) is 24.4. The van der Waals surface area contributed by atoms with Crippen LogP contribution in [0, 0.1) is 11.8 Å². The lowest BCUT2D eigenvalue weighted by atomic mass is 9.73. The van der Waals surface area contributed by atoms with E-state index in [0.29, 0.717) is 12.1 Å². The van der Waals surface area contributed by atoms with Crippen LogP contribution < -0.4 is 4.74 Å². The minimum absolute atomic E-state index is 0.0146. The molecule has 2 aromatic carbocycles. The zero-order valence-corrected chi connectivity index (χ0v) is 19.3. The van der Waals surface area contributed by atoms with Crippen LogP contribution in [0.25, 0.3) is 0 Å². The number of nitrogens with zero attached hydrogens (tertiary/aromatic N) is 3. The molecule has 3 aromatic rings. The van der Waals surface area contributed by atoms with Gasteiger partial charge in [-0.2, -0.15) is 0 Å². The number of carbonyl (C=O) groups is 2. The lowest BCUT2D eigenvalue weighted by Crippen LogP contribution is -2.73. The molecular weight excluding hydrogens is 442 g/mol. The van der Waals surface area contributed by atoms with Crippen molar-refractivity contribution in [2.75, 3.05) is 26.8 Å². The number of ether oxygens (including phenoxy) is 1. The van der Waals surface area contributed by atoms with Crippen molar-refractivity contribution in [3.05, 3.63) is 95.3 Å². The van der Waals surface area contributed by atoms with E-state index in [2.05, 4.69) is 16.8 Å². The zero-order valence-electron chi connectivity index (χ0n) is 19.3. The van der Waals surface area contributed by atoms with Gasteiger partial charge in [0.2, 0.25) is 5.91 Å². The Labute approximate surface area is 204 Å². The second-order valence-corrected chi connectivity index (χ2v) is 8.67. The summed E-state index contributed by atoms with van der Waals surface area (Å²) >= 11 is 0. The van der Waals surface area contributed by atoms with Gasteiger partial charge in [-0.15, -0.1) is 0 Å². The molecule has 176 valence electrons. The minimum Gasteiger partial charge on any atom is -0.497 e. The SMILES string of the molecule is COc1ccc(C#Cc2ccc([C@@H]3[C@@H](CO)N4C(=O)CN(C(=O)c5ccncc5)C[C@@H]34)cc2)cc1. The average molecular weight is 468 g/mol. The number of amides is 2. The van der Waals surface area contributed by atoms with Crippen molar-refractivity contribution in [3.63, 3.8) is 0 Å². The van der Waals surface area contributed by atoms with Crippen molar-refractivity contribution in [3.8, 4) is 17.6 Å². The van der Waals surface area contributed by atoms with E-state index in [4.69, 9.17) is 4.74 Å². The Hall–Kier alpha value is -4.15. The molecule has 35 heavy (non-hydrogen) atoms. The van der Waals surface area contributed by atoms with Crippen LogP contribution in [0.4, 0.5) is 0 Å². The topological polar surface area (TPSA) is 83.0 Å². The Bertz CT molecular complexity index is 1280. The fourth-order valence-electron chi connectivity index (χ4n) is 4.94. The number of hydrogen-bond donors (Lipinski definition) is 1. The van der Waals surface area contributed by atoms with Gasteiger partial charge in [0.25, 0.3) is 5.91 Å². The first-order valence-corrected chi connectivity index (χ1v) is 11.5. The van der Waals surface area contributed by atoms with Gasteiger partial charge in [0.05, 0.1) is 25.8 Å². The summed E-state index contributed by atoms with van der Waals surface area (Å²) < 4.78 is 5.17. The fourth-order valence-corrected chi connectivity index (χ4v) is 4.94. The molecule has 0 radical (unpaired) electrons. The third-order valence-corrected chi connectivity index (χ3v) is 6.70. The van der Waals surface area contributed by atoms with Crippen molar-refractivity contribution in [2.45, 2.75) is 18.0 Å². The number of carbonyl (C=O) groups excluding carboxylic acids is 2. The molecule has 0 bridgehead atoms. The molecule has 7 heteroatoms. The molecule has 3 heterocycles. The molecule has 0 unspecified atom stereocenters. The van der Waals surface area contributed by atoms with Crippen LogP contribution in [0.1, 0.15) is 33.0 Å². The summed E-state index contributed by atoms with van der Waals surface area (Å²) in [6.07, 6.45) is 3.14. The highest BCUT2D eigenvalue weighted by atomic mass is 16.5. The summed E-state index contributed by atoms with van der Waals surface area (Å²) in [5.41, 5.74) is 3.29. The summed E-state index contributed by atoms with van der Waals surface area (Å²) in [4.78, 5) is 33.1. The van der Waals surface area contributed by atoms with Crippen LogP contribution in [-0.2, 0) is 4.79 Å². The highest BCUT2D eigenvalue weighted by Crippen LogP contribution is 2.43. The number of pyridine rings is 1. The molecule has 0 spiro atoms. The van der Waals surface area contributed by atoms with Crippen molar-refractivity contribution >= 4 is 11.8 Å². The highest BCUT2D eigenvalue weighted by molar-refractivity contribution is 5.97. The second-order valence-electron chi connectivity index (χ2n) is 8.67. The Balaban J connectivity index is 1.33. The van der Waals surface area contributed by atoms with Gasteiger partial charge in [-0.25, -0.2) is 0 Å². The van der Waals surface area contributed by atoms with Crippen molar-refractivity contribution in [1.82, 2.24) is 14.8 Å². The number of methoxy groups -OCH3 is 1. The second kappa shape index (κ2) is 9.61. The summed E-state index contributed by atoms with van der Waals surface area (Å²) in [7, 11) is 1.63. The lowest BCUT2D eigenvalue weighted by Gasteiger charge is -2.58. The van der Waals surface area contributed by atoms with Crippen LogP contribution in [0.5, 0.6) is 5.75 Å². The summed E-state index contributed by atoms with van der Waals surface area (Å²) in [5, 5.41) is 10.0. The number of hydrogen-bond acceptors (Lipinski definition) is 5. The Morgan fingerprint density at radius 3 is 2.26 bits per heavy atom. The normalized spacial score (nSPS) is 20.9. The number of aliphatic hydroxyl groups is 1. The molecule has 5 rings (SSSR count). The Kier molecular flexibility index (Phi) is 6.21. The van der Waals surface area contributed by atoms with E-state index in [0.717, 1.165) is 22.4 Å². The van der Waals surface area contributed by atoms with Gasteiger partial charge in [-0.1, -0.05) is 24.0 Å². The maximum atomic E-state index is 12.9. The Morgan fingerprint density at radius 2 is 1.66 bits per heavy atom. The number of rotatable bonds is 4. The van der Waals surface area contributed by atoms with Gasteiger partial charge in [-0.05, 0) is 54.1 Å². The first-order chi connectivity index (χ1) is 17.1. The third-order valence-electron chi connectivity index (χ3n) is 6.70. The number of aromatic nitrogens is 1. The monoisotopic (exact) mass is 467 g/mol. The van der Waals surface area contributed by atoms with Crippen LogP contribution in [-0.4, -0.2) is 70.6 Å². The summed E-state index contributed by atoms with van der Waals surface area (Å²) in [6.45, 7) is 0.318. The van der Waals surface area contributed by atoms with Crippen LogP contribution in [0.3, 0.4) is 0 Å². The molecule has 2 fully saturated rings. The fraction of sp³-hybridized carbons (Fsp3) is 0.250. The molecule has 2 aliphatic rings. The van der Waals surface area contributed by atoms with Gasteiger partial charge in [0, 0.05) is 41.5 Å². The largest absolute Gasteiger partial charge is 0.497 e. The van der Waals surface area contributed by atoms with E-state index in [-0.39, 0.29) is 43.0 Å². The molecule has 1 N–H and O–H groups in total. The maximum absolute atomic E-state index is 12.9. The van der Waals surface area contributed by atoms with Crippen LogP contribution in [0.2, 0.25) is 0 Å². The number of aliphatic hydroxyl groups excluding tert-OH is 1. The molecule has 0 aliphatic carbocycles. The van der Waals surface area contributed by atoms with Gasteiger partial charge in [0.15, 0.2) is 0 Å². The van der Waals surface area contributed by atoms with Crippen molar-refractivity contribution in [1.29, 1.82) is 0 Å². The van der Waals surface area contributed by atoms with E-state index in [9.17, 15) is 14.7 Å². The predicted molar refractivity (Wildman–Crippen MR) is 130 cm³/mol. The quantitative estimate of drug-likeness (QED) is 0.596. The first-order valence-electron chi connectivity index (χ1n) is 11.5. The standard InChI is InChI=1S/C28H25N3O4/c1-35-23-10-6-20(7-11-23)3-2-19-4-8-21(9-5-19)27-24-16-30(17-26(33)31(24)25(27)18-32)28(34)22-12-14-29-15-13-22/h4-15,24-25,27,32H,16-18H2,1H3/t24-,25+,27-/m0/s1. The average Bonchev–Trinajstić information content (AvgIpc) is 2.89. The maximum Gasteiger partial charge on any atom is 0.254 e. The molecule has 2 amide bonds. The molecule has 2 aliphatic heterocycles. The molecular formula is C28H25N3O4. The van der Waals surface area contributed by atoms with E-state index < -0.39 is 0 Å². The van der Waals surface area contributed by atoms with Gasteiger partial charge < -0.3 is 19.6 Å². The molecule has 3 atom stereocenters. The van der Waals surface area contributed by atoms with Gasteiger partial charge >= 0.3 is 0 Å². The van der Waals surface area contributed by atoms with Crippen LogP contribution in [0.15, 0.2) is 73.1 Å². The van der Waals surface area contributed by atoms with Crippen LogP contribution >= 0.6 is 0 Å². The van der Waals surface area contributed by atoms with Crippen molar-refractivity contribution in [2.24, 2.45) is 0 Å². The number of benzene rings is 2. The predicted octanol–water partition coefficient (Wildman–Crippen LogP) is 2.30. The van der Waals surface area contributed by atoms with Crippen molar-refractivity contribution < 1.29 is 19.4 Å². The third kappa shape index (κ3) is 4.36. The Morgan fingerprint density at radius 1 is 1.03 bits per heavy atom. The van der Waals surface area contributed by atoms with E-state index >= 15 is 0 Å². The molecule has 2 saturated heterocycles. The highest BCUT2D eigenvalue weighted by Gasteiger charge is 2.54. The smallest absolute Gasteiger partial charge is 0.254 e. The van der Waals surface area contributed by atoms with Gasteiger partial charge in [-0.3, -0.25) is 14.6 Å².